The summed E-state index contributed by atoms with van der Waals surface area (Å²) in [5, 5.41) is 2.74. The third-order valence-electron chi connectivity index (χ3n) is 8.31. The van der Waals surface area contributed by atoms with E-state index in [1.807, 2.05) is 0 Å². The number of likely N-dealkylation sites (tertiary alicyclic amines) is 1. The predicted molar refractivity (Wildman–Crippen MR) is 147 cm³/mol. The third-order valence-corrected chi connectivity index (χ3v) is 8.31. The fourth-order valence-corrected chi connectivity index (χ4v) is 5.91. The molecule has 1 unspecified atom stereocenters. The standard InChI is InChI=1S/C31H39F2N3O3/c1-21(20-35-17-14-31(3,15-18-35)24-10-6-5-7-11-24)9-8-16-36-28(23-12-13-25(32)26(33)19-23)27(29(37)39-4)22(2)34-30(36)38/h5-7,10-13,19,21,28H,8-9,14-18,20H2,1-4H3,(H,34,38)/t21-,28?/m0/s1. The number of allylic oxidation sites excluding steroid dienone is 1. The van der Waals surface area contributed by atoms with E-state index in [1.54, 1.807) is 6.92 Å². The first-order chi connectivity index (χ1) is 18.6. The number of urea groups is 1. The fourth-order valence-electron chi connectivity index (χ4n) is 5.91. The number of halogens is 2. The van der Waals surface area contributed by atoms with Gasteiger partial charge in [-0.2, -0.15) is 0 Å². The monoisotopic (exact) mass is 539 g/mol. The van der Waals surface area contributed by atoms with Gasteiger partial charge in [0.05, 0.1) is 18.7 Å². The van der Waals surface area contributed by atoms with Crippen LogP contribution in [0.3, 0.4) is 0 Å². The van der Waals surface area contributed by atoms with E-state index in [2.05, 4.69) is 54.4 Å². The molecule has 1 saturated heterocycles. The quantitative estimate of drug-likeness (QED) is 0.400. The number of rotatable bonds is 9. The van der Waals surface area contributed by atoms with Crippen molar-refractivity contribution < 1.29 is 23.1 Å². The molecule has 39 heavy (non-hydrogen) atoms. The maximum atomic E-state index is 14.2. The van der Waals surface area contributed by atoms with Crippen molar-refractivity contribution in [3.8, 4) is 0 Å². The maximum absolute atomic E-state index is 14.2. The number of hydrogen-bond acceptors (Lipinski definition) is 4. The molecule has 2 aromatic rings. The molecule has 2 amide bonds. The lowest BCUT2D eigenvalue weighted by molar-refractivity contribution is -0.137. The second-order valence-corrected chi connectivity index (χ2v) is 11.2. The first-order valence-corrected chi connectivity index (χ1v) is 13.7. The minimum atomic E-state index is -1.03. The van der Waals surface area contributed by atoms with Gasteiger partial charge in [0, 0.05) is 18.8 Å². The zero-order valence-electron chi connectivity index (χ0n) is 23.3. The minimum Gasteiger partial charge on any atom is -0.466 e. The van der Waals surface area contributed by atoms with Crippen LogP contribution in [-0.4, -0.2) is 55.1 Å². The molecule has 4 rings (SSSR count). The predicted octanol–water partition coefficient (Wildman–Crippen LogP) is 5.95. The highest BCUT2D eigenvalue weighted by Gasteiger charge is 2.38. The lowest BCUT2D eigenvalue weighted by Gasteiger charge is -2.41. The highest BCUT2D eigenvalue weighted by atomic mass is 19.2. The summed E-state index contributed by atoms with van der Waals surface area (Å²) in [5.41, 5.74) is 2.50. The van der Waals surface area contributed by atoms with Gasteiger partial charge in [-0.1, -0.05) is 50.2 Å². The number of nitrogens with one attached hydrogen (secondary N) is 1. The molecule has 2 aliphatic rings. The summed E-state index contributed by atoms with van der Waals surface area (Å²) in [4.78, 5) is 29.7. The van der Waals surface area contributed by atoms with E-state index in [1.165, 1.54) is 23.6 Å². The van der Waals surface area contributed by atoms with Crippen LogP contribution in [0, 0.1) is 17.6 Å². The van der Waals surface area contributed by atoms with Crippen molar-refractivity contribution in [2.75, 3.05) is 33.3 Å². The molecule has 6 nitrogen and oxygen atoms in total. The molecule has 1 fully saturated rings. The number of methoxy groups -OCH3 is 1. The highest BCUT2D eigenvalue weighted by Crippen LogP contribution is 2.36. The first-order valence-electron chi connectivity index (χ1n) is 13.7. The molecule has 2 aromatic carbocycles. The van der Waals surface area contributed by atoms with E-state index >= 15 is 0 Å². The van der Waals surface area contributed by atoms with Gasteiger partial charge in [-0.3, -0.25) is 0 Å². The second-order valence-electron chi connectivity index (χ2n) is 11.2. The average molecular weight is 540 g/mol. The zero-order chi connectivity index (χ0) is 28.2. The SMILES string of the molecule is COC(=O)C1=C(C)NC(=O)N(CCC[C@H](C)CN2CCC(C)(c3ccccc3)CC2)C1c1ccc(F)c(F)c1. The van der Waals surface area contributed by atoms with Gasteiger partial charge in [0.1, 0.15) is 0 Å². The molecular formula is C31H39F2N3O3. The summed E-state index contributed by atoms with van der Waals surface area (Å²) in [6.45, 7) is 9.63. The maximum Gasteiger partial charge on any atom is 0.337 e. The number of nitrogens with zero attached hydrogens (tertiary/aromatic N) is 2. The second kappa shape index (κ2) is 12.3. The van der Waals surface area contributed by atoms with Crippen molar-refractivity contribution >= 4 is 12.0 Å². The van der Waals surface area contributed by atoms with E-state index in [9.17, 15) is 18.4 Å². The van der Waals surface area contributed by atoms with Gasteiger partial charge in [-0.25, -0.2) is 18.4 Å². The zero-order valence-corrected chi connectivity index (χ0v) is 23.3. The molecule has 8 heteroatoms. The molecule has 0 saturated carbocycles. The third kappa shape index (κ3) is 6.49. The number of amides is 2. The molecule has 2 heterocycles. The van der Waals surface area contributed by atoms with Crippen molar-refractivity contribution in [1.29, 1.82) is 0 Å². The van der Waals surface area contributed by atoms with Crippen molar-refractivity contribution in [3.63, 3.8) is 0 Å². The summed E-state index contributed by atoms with van der Waals surface area (Å²) >= 11 is 0. The van der Waals surface area contributed by atoms with Crippen molar-refractivity contribution in [2.45, 2.75) is 57.9 Å². The van der Waals surface area contributed by atoms with E-state index in [4.69, 9.17) is 4.74 Å². The molecule has 0 aromatic heterocycles. The van der Waals surface area contributed by atoms with E-state index in [0.29, 0.717) is 30.1 Å². The van der Waals surface area contributed by atoms with Gasteiger partial charge < -0.3 is 19.9 Å². The summed E-state index contributed by atoms with van der Waals surface area (Å²) < 4.78 is 32.8. The van der Waals surface area contributed by atoms with Gasteiger partial charge in [0.15, 0.2) is 11.6 Å². The first kappa shape index (κ1) is 28.7. The molecule has 0 aliphatic carbocycles. The Morgan fingerprint density at radius 1 is 1.13 bits per heavy atom. The van der Waals surface area contributed by atoms with Crippen LogP contribution in [0.4, 0.5) is 13.6 Å². The van der Waals surface area contributed by atoms with Gasteiger partial charge >= 0.3 is 12.0 Å². The van der Waals surface area contributed by atoms with Crippen LogP contribution in [-0.2, 0) is 14.9 Å². The van der Waals surface area contributed by atoms with Gasteiger partial charge in [0.2, 0.25) is 0 Å². The number of ether oxygens (including phenoxy) is 1. The summed E-state index contributed by atoms with van der Waals surface area (Å²) in [7, 11) is 1.26. The number of piperidine rings is 1. The van der Waals surface area contributed by atoms with Crippen LogP contribution in [0.5, 0.6) is 0 Å². The Morgan fingerprint density at radius 3 is 2.46 bits per heavy atom. The number of benzene rings is 2. The molecule has 0 radical (unpaired) electrons. The van der Waals surface area contributed by atoms with Crippen LogP contribution >= 0.6 is 0 Å². The van der Waals surface area contributed by atoms with Crippen molar-refractivity contribution in [1.82, 2.24) is 15.1 Å². The molecular weight excluding hydrogens is 500 g/mol. The van der Waals surface area contributed by atoms with E-state index < -0.39 is 23.6 Å². The highest BCUT2D eigenvalue weighted by molar-refractivity contribution is 5.95. The van der Waals surface area contributed by atoms with Gasteiger partial charge in [-0.05, 0) is 80.3 Å². The molecule has 210 valence electrons. The van der Waals surface area contributed by atoms with E-state index in [0.717, 1.165) is 51.0 Å². The largest absolute Gasteiger partial charge is 0.466 e. The Balaban J connectivity index is 1.38. The minimum absolute atomic E-state index is 0.209. The van der Waals surface area contributed by atoms with Crippen molar-refractivity contribution in [3.05, 3.63) is 82.6 Å². The number of carbonyl (C=O) groups is 2. The average Bonchev–Trinajstić information content (AvgIpc) is 2.92. The van der Waals surface area contributed by atoms with Crippen LogP contribution in [0.25, 0.3) is 0 Å². The van der Waals surface area contributed by atoms with Crippen LogP contribution < -0.4 is 5.32 Å². The number of carbonyl (C=O) groups excluding carboxylic acids is 2. The normalized spacial score (nSPS) is 20.5. The van der Waals surface area contributed by atoms with E-state index in [-0.39, 0.29) is 17.0 Å². The molecule has 2 aliphatic heterocycles. The Hall–Kier alpha value is -3.26. The lowest BCUT2D eigenvalue weighted by atomic mass is 9.74. The molecule has 0 bridgehead atoms. The lowest BCUT2D eigenvalue weighted by Crippen LogP contribution is -2.49. The van der Waals surface area contributed by atoms with Crippen LogP contribution in [0.2, 0.25) is 0 Å². The van der Waals surface area contributed by atoms with Gasteiger partial charge in [-0.15, -0.1) is 0 Å². The smallest absolute Gasteiger partial charge is 0.337 e. The summed E-state index contributed by atoms with van der Waals surface area (Å²) in [6.07, 6.45) is 3.83. The Morgan fingerprint density at radius 2 is 1.82 bits per heavy atom. The Labute approximate surface area is 230 Å². The Kier molecular flexibility index (Phi) is 9.05. The summed E-state index contributed by atoms with van der Waals surface area (Å²) in [5.74, 6) is -2.22. The molecule has 1 N–H and O–H groups in total. The topological polar surface area (TPSA) is 61.9 Å². The molecule has 2 atom stereocenters. The molecule has 0 spiro atoms. The van der Waals surface area contributed by atoms with Crippen LogP contribution in [0.1, 0.15) is 63.6 Å². The summed E-state index contributed by atoms with van der Waals surface area (Å²) in [6, 6.07) is 13.0. The van der Waals surface area contributed by atoms with Crippen molar-refractivity contribution in [2.24, 2.45) is 5.92 Å². The fraction of sp³-hybridized carbons (Fsp3) is 0.484. The Bertz CT molecular complexity index is 1210. The number of esters is 1. The van der Waals surface area contributed by atoms with Crippen LogP contribution in [0.15, 0.2) is 59.8 Å². The van der Waals surface area contributed by atoms with Gasteiger partial charge in [0.25, 0.3) is 0 Å². The number of hydrogen-bond donors (Lipinski definition) is 1.